The first-order valence-corrected chi connectivity index (χ1v) is 7.26. The van der Waals surface area contributed by atoms with Crippen LogP contribution in [0, 0.1) is 5.92 Å². The average Bonchev–Trinajstić information content (AvgIpc) is 2.43. The molecule has 0 unspecified atom stereocenters. The van der Waals surface area contributed by atoms with Gasteiger partial charge in [0.15, 0.2) is 0 Å². The van der Waals surface area contributed by atoms with Crippen LogP contribution in [0.4, 0.5) is 28.4 Å². The number of anilines is 5. The lowest BCUT2D eigenvalue weighted by atomic mass is 10.1. The Balaban J connectivity index is 2.01. The van der Waals surface area contributed by atoms with Crippen LogP contribution in [0.3, 0.4) is 0 Å². The number of carbonyl (C=O) groups is 1. The molecule has 116 valence electrons. The third-order valence-electron chi connectivity index (χ3n) is 3.12. The van der Waals surface area contributed by atoms with E-state index in [9.17, 15) is 4.79 Å². The van der Waals surface area contributed by atoms with Crippen LogP contribution in [0.5, 0.6) is 0 Å². The highest BCUT2D eigenvalue weighted by atomic mass is 16.1. The smallest absolute Gasteiger partial charge is 0.224 e. The van der Waals surface area contributed by atoms with Crippen LogP contribution in [-0.4, -0.2) is 5.91 Å². The van der Waals surface area contributed by atoms with Crippen molar-refractivity contribution < 1.29 is 4.79 Å². The van der Waals surface area contributed by atoms with Gasteiger partial charge < -0.3 is 22.1 Å². The summed E-state index contributed by atoms with van der Waals surface area (Å²) >= 11 is 0. The molecule has 2 rings (SSSR count). The Morgan fingerprint density at radius 1 is 1.05 bits per heavy atom. The molecule has 0 bridgehead atoms. The molecule has 6 N–H and O–H groups in total. The molecule has 0 aliphatic heterocycles. The number of carbonyl (C=O) groups excluding carboxylic acids is 1. The summed E-state index contributed by atoms with van der Waals surface area (Å²) in [7, 11) is 0. The largest absolute Gasteiger partial charge is 0.399 e. The van der Waals surface area contributed by atoms with E-state index in [1.54, 1.807) is 12.1 Å². The number of amides is 1. The van der Waals surface area contributed by atoms with Crippen LogP contribution in [0.15, 0.2) is 42.5 Å². The second kappa shape index (κ2) is 6.85. The molecule has 22 heavy (non-hydrogen) atoms. The highest BCUT2D eigenvalue weighted by Gasteiger charge is 2.05. The summed E-state index contributed by atoms with van der Waals surface area (Å²) in [6.45, 7) is 4.03. The molecule has 0 saturated carbocycles. The molecule has 0 atom stereocenters. The van der Waals surface area contributed by atoms with E-state index >= 15 is 0 Å². The molecule has 0 aliphatic carbocycles. The molecule has 5 nitrogen and oxygen atoms in total. The van der Waals surface area contributed by atoms with Gasteiger partial charge in [0, 0.05) is 23.5 Å². The van der Waals surface area contributed by atoms with Gasteiger partial charge in [0.05, 0.1) is 11.4 Å². The predicted molar refractivity (Wildman–Crippen MR) is 93.1 cm³/mol. The average molecular weight is 298 g/mol. The van der Waals surface area contributed by atoms with Gasteiger partial charge in [0.25, 0.3) is 0 Å². The first-order chi connectivity index (χ1) is 10.4. The van der Waals surface area contributed by atoms with Crippen LogP contribution in [0.1, 0.15) is 20.3 Å². The van der Waals surface area contributed by atoms with Crippen molar-refractivity contribution in [3.05, 3.63) is 42.5 Å². The Labute approximate surface area is 130 Å². The first kappa shape index (κ1) is 15.7. The predicted octanol–water partition coefficient (Wildman–Crippen LogP) is 3.58. The highest BCUT2D eigenvalue weighted by molar-refractivity contribution is 5.91. The Kier molecular flexibility index (Phi) is 4.88. The Morgan fingerprint density at radius 2 is 1.68 bits per heavy atom. The van der Waals surface area contributed by atoms with Crippen molar-refractivity contribution in [2.75, 3.05) is 22.1 Å². The zero-order valence-corrected chi connectivity index (χ0v) is 12.9. The second-order valence-electron chi connectivity index (χ2n) is 5.70. The summed E-state index contributed by atoms with van der Waals surface area (Å²) in [5.74, 6) is 0.368. The molecule has 0 heterocycles. The lowest BCUT2D eigenvalue weighted by molar-refractivity contribution is -0.116. The van der Waals surface area contributed by atoms with E-state index in [2.05, 4.69) is 10.6 Å². The Morgan fingerprint density at radius 3 is 2.27 bits per heavy atom. The Hall–Kier alpha value is -2.69. The van der Waals surface area contributed by atoms with Crippen molar-refractivity contribution in [2.45, 2.75) is 20.3 Å². The minimum atomic E-state index is 0.0264. The zero-order chi connectivity index (χ0) is 16.1. The third kappa shape index (κ3) is 4.41. The van der Waals surface area contributed by atoms with Crippen molar-refractivity contribution in [3.63, 3.8) is 0 Å². The summed E-state index contributed by atoms with van der Waals surface area (Å²) in [6, 6.07) is 12.8. The number of nitrogens with one attached hydrogen (secondary N) is 2. The lowest BCUT2D eigenvalue weighted by Gasteiger charge is -2.11. The van der Waals surface area contributed by atoms with Crippen LogP contribution in [-0.2, 0) is 4.79 Å². The van der Waals surface area contributed by atoms with Crippen LogP contribution < -0.4 is 22.1 Å². The lowest BCUT2D eigenvalue weighted by Crippen LogP contribution is -2.13. The number of benzene rings is 2. The minimum absolute atomic E-state index is 0.0264. The van der Waals surface area contributed by atoms with Gasteiger partial charge in [-0.2, -0.15) is 0 Å². The topological polar surface area (TPSA) is 93.2 Å². The van der Waals surface area contributed by atoms with Crippen molar-refractivity contribution in [3.8, 4) is 0 Å². The van der Waals surface area contributed by atoms with E-state index in [-0.39, 0.29) is 5.91 Å². The van der Waals surface area contributed by atoms with Gasteiger partial charge in [-0.1, -0.05) is 13.8 Å². The maximum atomic E-state index is 11.7. The van der Waals surface area contributed by atoms with Gasteiger partial charge >= 0.3 is 0 Å². The van der Waals surface area contributed by atoms with Crippen molar-refractivity contribution in [1.29, 1.82) is 0 Å². The monoisotopic (exact) mass is 298 g/mol. The highest BCUT2D eigenvalue weighted by Crippen LogP contribution is 2.25. The van der Waals surface area contributed by atoms with E-state index in [0.29, 0.717) is 23.7 Å². The molecule has 2 aromatic carbocycles. The minimum Gasteiger partial charge on any atom is -0.399 e. The number of nitrogens with two attached hydrogens (primary N) is 2. The summed E-state index contributed by atoms with van der Waals surface area (Å²) in [5.41, 5.74) is 15.3. The fraction of sp³-hybridized carbons (Fsp3) is 0.235. The Bertz CT molecular complexity index is 650. The maximum absolute atomic E-state index is 11.7. The standard InChI is InChI=1S/C17H22N4O/c1-11(2)9-17(22)21-14-6-4-13(5-7-14)20-16-8-3-12(18)10-15(16)19/h3-8,10-11,20H,9,18-19H2,1-2H3,(H,21,22). The van der Waals surface area contributed by atoms with Crippen LogP contribution >= 0.6 is 0 Å². The molecular formula is C17H22N4O. The molecular weight excluding hydrogens is 276 g/mol. The van der Waals surface area contributed by atoms with E-state index in [1.165, 1.54) is 0 Å². The molecule has 0 aliphatic rings. The first-order valence-electron chi connectivity index (χ1n) is 7.26. The molecule has 0 saturated heterocycles. The van der Waals surface area contributed by atoms with E-state index in [0.717, 1.165) is 17.1 Å². The summed E-state index contributed by atoms with van der Waals surface area (Å²) in [5, 5.41) is 6.09. The van der Waals surface area contributed by atoms with Gasteiger partial charge in [0.2, 0.25) is 5.91 Å². The van der Waals surface area contributed by atoms with Gasteiger partial charge in [-0.05, 0) is 48.4 Å². The van der Waals surface area contributed by atoms with Crippen molar-refractivity contribution >= 4 is 34.3 Å². The van der Waals surface area contributed by atoms with E-state index in [1.807, 2.05) is 44.2 Å². The number of hydrogen-bond donors (Lipinski definition) is 4. The third-order valence-corrected chi connectivity index (χ3v) is 3.12. The van der Waals surface area contributed by atoms with Crippen molar-refractivity contribution in [1.82, 2.24) is 0 Å². The molecule has 2 aromatic rings. The zero-order valence-electron chi connectivity index (χ0n) is 12.9. The molecule has 5 heteroatoms. The van der Waals surface area contributed by atoms with E-state index in [4.69, 9.17) is 11.5 Å². The quantitative estimate of drug-likeness (QED) is 0.635. The number of hydrogen-bond acceptors (Lipinski definition) is 4. The molecule has 1 amide bonds. The summed E-state index contributed by atoms with van der Waals surface area (Å²) in [4.78, 5) is 11.7. The molecule has 0 spiro atoms. The van der Waals surface area contributed by atoms with E-state index < -0.39 is 0 Å². The SMILES string of the molecule is CC(C)CC(=O)Nc1ccc(Nc2ccc(N)cc2N)cc1. The van der Waals surface area contributed by atoms with Gasteiger partial charge in [-0.3, -0.25) is 4.79 Å². The molecule has 0 aromatic heterocycles. The maximum Gasteiger partial charge on any atom is 0.224 e. The summed E-state index contributed by atoms with van der Waals surface area (Å²) < 4.78 is 0. The van der Waals surface area contributed by atoms with Crippen molar-refractivity contribution in [2.24, 2.45) is 5.92 Å². The van der Waals surface area contributed by atoms with Crippen LogP contribution in [0.2, 0.25) is 0 Å². The number of nitrogen functional groups attached to an aromatic ring is 2. The number of rotatable bonds is 5. The fourth-order valence-corrected chi connectivity index (χ4v) is 2.07. The van der Waals surface area contributed by atoms with Gasteiger partial charge in [-0.15, -0.1) is 0 Å². The van der Waals surface area contributed by atoms with Crippen LogP contribution in [0.25, 0.3) is 0 Å². The van der Waals surface area contributed by atoms with Gasteiger partial charge in [0.1, 0.15) is 0 Å². The molecule has 0 fully saturated rings. The summed E-state index contributed by atoms with van der Waals surface area (Å²) in [6.07, 6.45) is 0.516. The normalized spacial score (nSPS) is 10.5. The second-order valence-corrected chi connectivity index (χ2v) is 5.70. The van der Waals surface area contributed by atoms with Gasteiger partial charge in [-0.25, -0.2) is 0 Å². The fourth-order valence-electron chi connectivity index (χ4n) is 2.07. The molecule has 0 radical (unpaired) electrons.